The summed E-state index contributed by atoms with van der Waals surface area (Å²) >= 11 is 0. The van der Waals surface area contributed by atoms with E-state index < -0.39 is 0 Å². The third-order valence-electron chi connectivity index (χ3n) is 9.27. The second-order valence-electron chi connectivity index (χ2n) is 12.5. The fourth-order valence-corrected chi connectivity index (χ4v) is 6.01. The Morgan fingerprint density at radius 2 is 1.76 bits per heavy atom. The molecule has 4 nitrogen and oxygen atoms in total. The quantitative estimate of drug-likeness (QED) is 0.170. The third-order valence-corrected chi connectivity index (χ3v) is 9.27. The van der Waals surface area contributed by atoms with Gasteiger partial charge in [0, 0.05) is 12.2 Å². The molecule has 2 aromatic rings. The second-order valence-corrected chi connectivity index (χ2v) is 12.5. The summed E-state index contributed by atoms with van der Waals surface area (Å²) < 4.78 is 0. The molecule has 1 aliphatic heterocycles. The zero-order valence-electron chi connectivity index (χ0n) is 30.4. The lowest BCUT2D eigenvalue weighted by atomic mass is 9.88. The molecule has 4 rings (SSSR count). The number of nitriles is 1. The molecule has 4 heteroatoms. The van der Waals surface area contributed by atoms with Crippen LogP contribution in [0.15, 0.2) is 36.9 Å². The molecule has 45 heavy (non-hydrogen) atoms. The average Bonchev–Trinajstić information content (AvgIpc) is 3.94. The molecule has 2 aliphatic rings. The van der Waals surface area contributed by atoms with Gasteiger partial charge in [-0.2, -0.15) is 5.26 Å². The monoisotopic (exact) mass is 616 g/mol. The predicted molar refractivity (Wildman–Crippen MR) is 196 cm³/mol. The normalized spacial score (nSPS) is 15.0. The highest BCUT2D eigenvalue weighted by molar-refractivity contribution is 5.98. The number of hydrogen-bond donors (Lipinski definition) is 1. The fourth-order valence-electron chi connectivity index (χ4n) is 6.01. The van der Waals surface area contributed by atoms with Crippen LogP contribution in [0.5, 0.6) is 0 Å². The Hall–Kier alpha value is -2.93. The minimum Gasteiger partial charge on any atom is -0.370 e. The van der Waals surface area contributed by atoms with Gasteiger partial charge in [-0.1, -0.05) is 118 Å². The van der Waals surface area contributed by atoms with E-state index in [9.17, 15) is 4.79 Å². The van der Waals surface area contributed by atoms with Crippen molar-refractivity contribution in [3.8, 4) is 6.07 Å². The van der Waals surface area contributed by atoms with Gasteiger partial charge in [0.15, 0.2) is 0 Å². The Bertz CT molecular complexity index is 1190. The van der Waals surface area contributed by atoms with Crippen molar-refractivity contribution in [1.29, 1.82) is 5.26 Å². The molecule has 0 bridgehead atoms. The summed E-state index contributed by atoms with van der Waals surface area (Å²) in [7, 11) is 0. The van der Waals surface area contributed by atoms with E-state index in [1.54, 1.807) is 13.0 Å². The van der Waals surface area contributed by atoms with Crippen molar-refractivity contribution in [2.75, 3.05) is 11.9 Å². The highest BCUT2D eigenvalue weighted by atomic mass is 16.1. The number of rotatable bonds is 14. The minimum atomic E-state index is -0.382. The minimum absolute atomic E-state index is 0.359. The molecule has 1 aliphatic carbocycles. The van der Waals surface area contributed by atoms with Crippen molar-refractivity contribution < 1.29 is 4.79 Å². The first-order valence-electron chi connectivity index (χ1n) is 18.2. The lowest BCUT2D eigenvalue weighted by Gasteiger charge is -2.19. The van der Waals surface area contributed by atoms with Gasteiger partial charge in [0.25, 0.3) is 0 Å². The lowest BCUT2D eigenvalue weighted by molar-refractivity contribution is -0.115. The van der Waals surface area contributed by atoms with E-state index in [0.29, 0.717) is 5.92 Å². The summed E-state index contributed by atoms with van der Waals surface area (Å²) in [5, 5.41) is 12.2. The Labute approximate surface area is 277 Å². The molecule has 0 spiro atoms. The van der Waals surface area contributed by atoms with E-state index in [1.165, 1.54) is 87.5 Å². The van der Waals surface area contributed by atoms with E-state index in [4.69, 9.17) is 10.2 Å². The highest BCUT2D eigenvalue weighted by Crippen LogP contribution is 2.42. The first-order valence-corrected chi connectivity index (χ1v) is 18.2. The Morgan fingerprint density at radius 1 is 1.04 bits per heavy atom. The number of allylic oxidation sites excluding steroid dienone is 1. The molecule has 0 radical (unpaired) electrons. The summed E-state index contributed by atoms with van der Waals surface area (Å²) in [5.41, 5.74) is 7.02. The molecule has 0 amide bonds. The molecule has 0 saturated heterocycles. The zero-order chi connectivity index (χ0) is 33.8. The topological polar surface area (TPSA) is 65.8 Å². The van der Waals surface area contributed by atoms with Crippen LogP contribution in [0.25, 0.3) is 5.57 Å². The summed E-state index contributed by atoms with van der Waals surface area (Å²) in [4.78, 5) is 16.3. The molecule has 250 valence electrons. The molecule has 3 atom stereocenters. The van der Waals surface area contributed by atoms with Gasteiger partial charge in [0.05, 0.1) is 5.92 Å². The number of unbranched alkanes of at least 4 members (excludes halogenated alkanes) is 2. The number of benzene rings is 1. The van der Waals surface area contributed by atoms with Gasteiger partial charge in [-0.3, -0.25) is 4.79 Å². The molecule has 3 unspecified atom stereocenters. The van der Waals surface area contributed by atoms with E-state index in [0.717, 1.165) is 47.3 Å². The van der Waals surface area contributed by atoms with Gasteiger partial charge in [-0.15, -0.1) is 0 Å². The van der Waals surface area contributed by atoms with Crippen LogP contribution in [-0.4, -0.2) is 17.3 Å². The summed E-state index contributed by atoms with van der Waals surface area (Å²) in [6.07, 6.45) is 15.5. The van der Waals surface area contributed by atoms with Crippen LogP contribution in [0.3, 0.4) is 0 Å². The lowest BCUT2D eigenvalue weighted by Crippen LogP contribution is -2.14. The largest absolute Gasteiger partial charge is 0.370 e. The highest BCUT2D eigenvalue weighted by Gasteiger charge is 2.27. The summed E-state index contributed by atoms with van der Waals surface area (Å²) in [6, 6.07) is 12.2. The Balaban J connectivity index is 0.000000414. The molecule has 2 heterocycles. The number of aromatic nitrogens is 1. The third kappa shape index (κ3) is 13.5. The molecule has 1 N–H and O–H groups in total. The van der Waals surface area contributed by atoms with Gasteiger partial charge < -0.3 is 5.32 Å². The number of carbonyl (C=O) groups is 1. The number of anilines is 1. The molecule has 1 saturated carbocycles. The van der Waals surface area contributed by atoms with Crippen LogP contribution in [0.2, 0.25) is 0 Å². The number of nitrogens with zero attached hydrogens (tertiary/aromatic N) is 2. The van der Waals surface area contributed by atoms with Crippen molar-refractivity contribution in [3.63, 3.8) is 0 Å². The van der Waals surface area contributed by atoms with Crippen molar-refractivity contribution in [1.82, 2.24) is 4.98 Å². The first-order chi connectivity index (χ1) is 21.8. The zero-order valence-corrected chi connectivity index (χ0v) is 30.4. The molecule has 1 aromatic carbocycles. The van der Waals surface area contributed by atoms with Gasteiger partial charge in [-0.25, -0.2) is 4.98 Å². The number of Topliss-reactive ketones (excluding diaryl/α,β-unsaturated/α-hetero) is 1. The number of pyridine rings is 1. The number of nitrogens with one attached hydrogen (secondary N) is 1. The number of hydrogen-bond acceptors (Lipinski definition) is 4. The molecule has 1 aromatic heterocycles. The summed E-state index contributed by atoms with van der Waals surface area (Å²) in [6.45, 7) is 24.1. The van der Waals surface area contributed by atoms with Gasteiger partial charge in [0.1, 0.15) is 11.9 Å². The van der Waals surface area contributed by atoms with Crippen molar-refractivity contribution in [3.05, 3.63) is 64.9 Å². The van der Waals surface area contributed by atoms with Crippen molar-refractivity contribution in [2.45, 2.75) is 145 Å². The number of aryl methyl sites for hydroxylation is 2. The molecular weight excluding hydrogens is 550 g/mol. The van der Waals surface area contributed by atoms with Crippen LogP contribution in [0.1, 0.15) is 153 Å². The van der Waals surface area contributed by atoms with Crippen LogP contribution in [0.4, 0.5) is 5.82 Å². The number of fused-ring (bicyclic) bond motifs is 1. The summed E-state index contributed by atoms with van der Waals surface area (Å²) in [5.74, 6) is 2.85. The maximum Gasteiger partial charge on any atom is 0.239 e. The van der Waals surface area contributed by atoms with Gasteiger partial charge in [0.2, 0.25) is 5.78 Å². The standard InChI is InChI=1S/C21H36N2.C16H17NO.2C2H6/c1-4-17(3)16-18(5-2)10-7-6-8-12-20-14-13-19-11-9-15-22-21(19)23-20;1-10(13-7-8-13)14-5-4-6-15(11(14)2)12(3)16(18)9-17;2*1-2/h13-14,17-18H,4-12,15-16H2,1-3H3,(H,22,23);4-6,12-13H,1,7-8H2,2-3H3;2*1-2H3. The first kappa shape index (κ1) is 40.1. The van der Waals surface area contributed by atoms with E-state index in [1.807, 2.05) is 46.8 Å². The van der Waals surface area contributed by atoms with Crippen LogP contribution >= 0.6 is 0 Å². The van der Waals surface area contributed by atoms with E-state index in [-0.39, 0.29) is 11.7 Å². The van der Waals surface area contributed by atoms with Crippen molar-refractivity contribution in [2.24, 2.45) is 17.8 Å². The number of carbonyl (C=O) groups excluding carboxylic acids is 1. The Morgan fingerprint density at radius 3 is 2.38 bits per heavy atom. The van der Waals surface area contributed by atoms with Crippen LogP contribution in [-0.2, 0) is 17.6 Å². The maximum atomic E-state index is 11.5. The van der Waals surface area contributed by atoms with Crippen LogP contribution in [0, 0.1) is 36.0 Å². The van der Waals surface area contributed by atoms with Gasteiger partial charge in [-0.05, 0) is 104 Å². The smallest absolute Gasteiger partial charge is 0.239 e. The Kier molecular flexibility index (Phi) is 20.1. The van der Waals surface area contributed by atoms with Crippen LogP contribution < -0.4 is 5.32 Å². The number of ketones is 1. The predicted octanol–water partition coefficient (Wildman–Crippen LogP) is 11.7. The van der Waals surface area contributed by atoms with Crippen molar-refractivity contribution >= 4 is 17.2 Å². The maximum absolute atomic E-state index is 11.5. The second kappa shape index (κ2) is 22.6. The SMILES string of the molecule is C=C(c1cccc(C(C)C(=O)C#N)c1C)C1CC1.CC.CC.CCC(C)CC(CC)CCCCCc1ccc2c(n1)NCCC2. The molecule has 1 fully saturated rings. The average molecular weight is 616 g/mol. The molecular formula is C41H65N3O. The van der Waals surface area contributed by atoms with E-state index in [2.05, 4.69) is 50.9 Å². The van der Waals surface area contributed by atoms with Gasteiger partial charge >= 0.3 is 0 Å². The van der Waals surface area contributed by atoms with E-state index >= 15 is 0 Å². The fraction of sp³-hybridized carbons (Fsp3) is 0.634.